The molecular formula is C15H14F2N5O3P. The summed E-state index contributed by atoms with van der Waals surface area (Å²) in [6.07, 6.45) is 2.75. The number of aryl methyl sites for hydroxylation is 1. The van der Waals surface area contributed by atoms with Crippen molar-refractivity contribution in [2.24, 2.45) is 0 Å². The zero-order valence-corrected chi connectivity index (χ0v) is 14.7. The number of hydrogen-bond donors (Lipinski definition) is 0. The van der Waals surface area contributed by atoms with Crippen molar-refractivity contribution >= 4 is 9.24 Å². The second-order valence-electron chi connectivity index (χ2n) is 5.45. The van der Waals surface area contributed by atoms with Gasteiger partial charge in [0.1, 0.15) is 11.5 Å². The van der Waals surface area contributed by atoms with E-state index in [1.54, 1.807) is 13.0 Å². The molecule has 26 heavy (non-hydrogen) atoms. The van der Waals surface area contributed by atoms with E-state index in [4.69, 9.17) is 9.26 Å². The first kappa shape index (κ1) is 18.1. The summed E-state index contributed by atoms with van der Waals surface area (Å²) in [6, 6.07) is 4.40. The fourth-order valence-corrected chi connectivity index (χ4v) is 2.13. The Kier molecular flexibility index (Phi) is 5.03. The van der Waals surface area contributed by atoms with Crippen molar-refractivity contribution in [2.45, 2.75) is 19.1 Å². The van der Waals surface area contributed by atoms with Gasteiger partial charge in [0, 0.05) is 30.1 Å². The molecule has 0 saturated heterocycles. The molecule has 0 bridgehead atoms. The van der Waals surface area contributed by atoms with Crippen LogP contribution in [-0.4, -0.2) is 37.2 Å². The number of ether oxygens (including phenoxy) is 1. The van der Waals surface area contributed by atoms with E-state index >= 15 is 0 Å². The third-order valence-corrected chi connectivity index (χ3v) is 3.34. The zero-order chi connectivity index (χ0) is 18.7. The van der Waals surface area contributed by atoms with Crippen molar-refractivity contribution in [3.05, 3.63) is 52.4 Å². The summed E-state index contributed by atoms with van der Waals surface area (Å²) in [5.74, 6) is 0.629. The second kappa shape index (κ2) is 7.25. The number of aromatic nitrogens is 5. The molecule has 0 radical (unpaired) electrons. The first-order chi connectivity index (χ1) is 12.3. The van der Waals surface area contributed by atoms with Gasteiger partial charge in [-0.2, -0.15) is 13.9 Å². The van der Waals surface area contributed by atoms with Crippen LogP contribution in [0.5, 0.6) is 6.01 Å². The fraction of sp³-hybridized carbons (Fsp3) is 0.267. The largest absolute Gasteiger partial charge is 0.457 e. The Hall–Kier alpha value is -2.74. The summed E-state index contributed by atoms with van der Waals surface area (Å²) in [4.78, 5) is 19.7. The van der Waals surface area contributed by atoms with Gasteiger partial charge in [-0.25, -0.2) is 14.6 Å². The predicted octanol–water partition coefficient (Wildman–Crippen LogP) is 1.89. The van der Waals surface area contributed by atoms with Gasteiger partial charge in [0.15, 0.2) is 6.61 Å². The minimum atomic E-state index is -3.06. The highest BCUT2D eigenvalue weighted by molar-refractivity contribution is 7.18. The Bertz CT molecular complexity index is 953. The van der Waals surface area contributed by atoms with E-state index in [1.165, 1.54) is 38.4 Å². The number of rotatable bonds is 6. The monoisotopic (exact) mass is 381 g/mol. The second-order valence-corrected chi connectivity index (χ2v) is 6.29. The van der Waals surface area contributed by atoms with Crippen LogP contribution >= 0.6 is 9.24 Å². The molecule has 0 amide bonds. The molecule has 0 aliphatic rings. The first-order valence-electron chi connectivity index (χ1n) is 7.42. The standard InChI is InChI=1S/C15H14F2N5O3P/c1-9-4-11(21-25-9)7-22-13(23)3-2-12(20-22)10-5-18-14(19-6-10)24-8-15(16,17)26/h2-6H,7-8,26H2,1H3. The van der Waals surface area contributed by atoms with Crippen LogP contribution < -0.4 is 10.3 Å². The van der Waals surface area contributed by atoms with Crippen LogP contribution in [0.1, 0.15) is 11.5 Å². The quantitative estimate of drug-likeness (QED) is 0.602. The Balaban J connectivity index is 1.78. The molecule has 1 atom stereocenters. The van der Waals surface area contributed by atoms with E-state index in [2.05, 4.69) is 20.2 Å². The molecule has 0 N–H and O–H groups in total. The summed E-state index contributed by atoms with van der Waals surface area (Å²) in [7, 11) is 1.37. The van der Waals surface area contributed by atoms with Crippen molar-refractivity contribution in [1.82, 2.24) is 24.9 Å². The van der Waals surface area contributed by atoms with Gasteiger partial charge < -0.3 is 9.26 Å². The molecule has 3 rings (SSSR count). The van der Waals surface area contributed by atoms with Gasteiger partial charge in [-0.3, -0.25) is 4.79 Å². The minimum absolute atomic E-state index is 0.148. The van der Waals surface area contributed by atoms with Crippen molar-refractivity contribution in [2.75, 3.05) is 6.61 Å². The van der Waals surface area contributed by atoms with E-state index in [0.29, 0.717) is 22.7 Å². The van der Waals surface area contributed by atoms with Gasteiger partial charge in [0.25, 0.3) is 11.2 Å². The molecule has 3 aromatic rings. The Morgan fingerprint density at radius 1 is 1.31 bits per heavy atom. The molecule has 8 nitrogen and oxygen atoms in total. The molecule has 3 aromatic heterocycles. The highest BCUT2D eigenvalue weighted by Crippen LogP contribution is 2.22. The van der Waals surface area contributed by atoms with E-state index in [0.717, 1.165) is 0 Å². The zero-order valence-electron chi connectivity index (χ0n) is 13.6. The molecule has 0 fully saturated rings. The number of nitrogens with zero attached hydrogens (tertiary/aromatic N) is 5. The predicted molar refractivity (Wildman–Crippen MR) is 90.0 cm³/mol. The lowest BCUT2D eigenvalue weighted by Gasteiger charge is -2.10. The molecular weight excluding hydrogens is 367 g/mol. The van der Waals surface area contributed by atoms with Crippen molar-refractivity contribution in [1.29, 1.82) is 0 Å². The molecule has 0 spiro atoms. The normalized spacial score (nSPS) is 11.5. The van der Waals surface area contributed by atoms with Crippen LogP contribution in [0.3, 0.4) is 0 Å². The van der Waals surface area contributed by atoms with Crippen LogP contribution in [0, 0.1) is 6.92 Å². The highest BCUT2D eigenvalue weighted by atomic mass is 31.0. The van der Waals surface area contributed by atoms with E-state index in [-0.39, 0.29) is 18.1 Å². The summed E-state index contributed by atoms with van der Waals surface area (Å²) < 4.78 is 36.5. The van der Waals surface area contributed by atoms with Crippen LogP contribution in [0.2, 0.25) is 0 Å². The summed E-state index contributed by atoms with van der Waals surface area (Å²) in [6.45, 7) is 1.05. The number of alkyl halides is 2. The summed E-state index contributed by atoms with van der Waals surface area (Å²) >= 11 is 0. The average Bonchev–Trinajstić information content (AvgIpc) is 3.00. The van der Waals surface area contributed by atoms with Gasteiger partial charge in [-0.15, -0.1) is 0 Å². The third kappa shape index (κ3) is 4.66. The van der Waals surface area contributed by atoms with Crippen LogP contribution in [0.15, 0.2) is 39.9 Å². The molecule has 0 saturated carbocycles. The molecule has 0 aromatic carbocycles. The van der Waals surface area contributed by atoms with Crippen molar-refractivity contribution in [3.8, 4) is 17.3 Å². The van der Waals surface area contributed by atoms with Gasteiger partial charge in [-0.05, 0) is 13.0 Å². The summed E-state index contributed by atoms with van der Waals surface area (Å²) in [5.41, 5.74) is -1.86. The maximum atomic E-state index is 12.7. The topological polar surface area (TPSA) is 95.9 Å². The average molecular weight is 381 g/mol. The molecule has 0 aliphatic carbocycles. The smallest absolute Gasteiger partial charge is 0.316 e. The Morgan fingerprint density at radius 3 is 2.65 bits per heavy atom. The van der Waals surface area contributed by atoms with Crippen LogP contribution in [0.25, 0.3) is 11.3 Å². The number of hydrogen-bond acceptors (Lipinski definition) is 7. The third-order valence-electron chi connectivity index (χ3n) is 3.17. The lowest BCUT2D eigenvalue weighted by atomic mass is 10.2. The number of halogens is 2. The van der Waals surface area contributed by atoms with Crippen molar-refractivity contribution in [3.63, 3.8) is 0 Å². The SMILES string of the molecule is Cc1cc(Cn2nc(-c3cnc(OCC(F)(F)P)nc3)ccc2=O)no1. The minimum Gasteiger partial charge on any atom is -0.457 e. The lowest BCUT2D eigenvalue weighted by Crippen LogP contribution is -2.23. The first-order valence-corrected chi connectivity index (χ1v) is 8.00. The fourth-order valence-electron chi connectivity index (χ4n) is 2.05. The molecule has 1 unspecified atom stereocenters. The van der Waals surface area contributed by atoms with Crippen LogP contribution in [0.4, 0.5) is 8.78 Å². The summed E-state index contributed by atoms with van der Waals surface area (Å²) in [5, 5.41) is 8.07. The lowest BCUT2D eigenvalue weighted by molar-refractivity contribution is 0.0422. The van der Waals surface area contributed by atoms with E-state index in [1.807, 2.05) is 0 Å². The van der Waals surface area contributed by atoms with E-state index in [9.17, 15) is 13.6 Å². The molecule has 11 heteroatoms. The molecule has 136 valence electrons. The Labute approximate surface area is 148 Å². The molecule has 3 heterocycles. The van der Waals surface area contributed by atoms with Crippen molar-refractivity contribution < 1.29 is 18.0 Å². The molecule has 0 aliphatic heterocycles. The van der Waals surface area contributed by atoms with Gasteiger partial charge in [0.2, 0.25) is 0 Å². The highest BCUT2D eigenvalue weighted by Gasteiger charge is 2.22. The Morgan fingerprint density at radius 2 is 2.04 bits per heavy atom. The van der Waals surface area contributed by atoms with Crippen LogP contribution in [-0.2, 0) is 6.54 Å². The maximum absolute atomic E-state index is 12.7. The maximum Gasteiger partial charge on any atom is 0.316 e. The van der Waals surface area contributed by atoms with Gasteiger partial charge in [-0.1, -0.05) is 14.4 Å². The van der Waals surface area contributed by atoms with Gasteiger partial charge >= 0.3 is 6.01 Å². The van der Waals surface area contributed by atoms with Gasteiger partial charge in [0.05, 0.1) is 12.2 Å². The van der Waals surface area contributed by atoms with E-state index < -0.39 is 12.3 Å².